The van der Waals surface area contributed by atoms with Crippen LogP contribution in [-0.2, 0) is 6.42 Å². The van der Waals surface area contributed by atoms with Gasteiger partial charge in [0.15, 0.2) is 0 Å². The van der Waals surface area contributed by atoms with E-state index >= 15 is 0 Å². The molecule has 1 fully saturated rings. The molecule has 1 unspecified atom stereocenters. The van der Waals surface area contributed by atoms with Crippen LogP contribution in [0.3, 0.4) is 0 Å². The van der Waals surface area contributed by atoms with Crippen molar-refractivity contribution in [2.75, 3.05) is 30.4 Å². The van der Waals surface area contributed by atoms with Crippen LogP contribution in [0.2, 0.25) is 0 Å². The zero-order chi connectivity index (χ0) is 15.5. The van der Waals surface area contributed by atoms with E-state index in [-0.39, 0.29) is 0 Å². The molecule has 4 heteroatoms. The van der Waals surface area contributed by atoms with Gasteiger partial charge in [0.1, 0.15) is 18.0 Å². The Morgan fingerprint density at radius 1 is 1.24 bits per heavy atom. The number of anilines is 2. The lowest BCUT2D eigenvalue weighted by Crippen LogP contribution is -2.28. The lowest BCUT2D eigenvalue weighted by Gasteiger charge is -2.30. The number of aromatic nitrogens is 2. The SMILES string of the molecule is CCc1c(NC)ncnc1N1CCCC(C(C)(C)C)CC1. The molecule has 2 heterocycles. The first kappa shape index (κ1) is 16.1. The van der Waals surface area contributed by atoms with Crippen LogP contribution in [0.1, 0.15) is 52.5 Å². The molecule has 1 saturated heterocycles. The molecule has 4 nitrogen and oxygen atoms in total. The molecule has 1 aliphatic rings. The van der Waals surface area contributed by atoms with Crippen molar-refractivity contribution in [1.82, 2.24) is 9.97 Å². The van der Waals surface area contributed by atoms with E-state index in [4.69, 9.17) is 0 Å². The maximum absolute atomic E-state index is 4.59. The summed E-state index contributed by atoms with van der Waals surface area (Å²) in [6, 6.07) is 0. The maximum atomic E-state index is 4.59. The highest BCUT2D eigenvalue weighted by atomic mass is 15.2. The molecule has 21 heavy (non-hydrogen) atoms. The first-order chi connectivity index (χ1) is 9.97. The second-order valence-corrected chi connectivity index (χ2v) is 7.11. The number of nitrogens with one attached hydrogen (secondary N) is 1. The summed E-state index contributed by atoms with van der Waals surface area (Å²) in [6.07, 6.45) is 6.49. The molecule has 0 spiro atoms. The van der Waals surface area contributed by atoms with Gasteiger partial charge >= 0.3 is 0 Å². The van der Waals surface area contributed by atoms with Gasteiger partial charge < -0.3 is 10.2 Å². The Balaban J connectivity index is 2.20. The van der Waals surface area contributed by atoms with E-state index in [1.54, 1.807) is 6.33 Å². The Morgan fingerprint density at radius 3 is 2.62 bits per heavy atom. The fourth-order valence-corrected chi connectivity index (χ4v) is 3.39. The van der Waals surface area contributed by atoms with Gasteiger partial charge in [-0.05, 0) is 37.0 Å². The van der Waals surface area contributed by atoms with Gasteiger partial charge in [-0.1, -0.05) is 27.7 Å². The van der Waals surface area contributed by atoms with Crippen LogP contribution in [0.4, 0.5) is 11.6 Å². The molecule has 1 aromatic rings. The van der Waals surface area contributed by atoms with Gasteiger partial charge in [0.05, 0.1) is 0 Å². The Hall–Kier alpha value is -1.32. The summed E-state index contributed by atoms with van der Waals surface area (Å²) in [7, 11) is 1.93. The van der Waals surface area contributed by atoms with E-state index in [9.17, 15) is 0 Å². The van der Waals surface area contributed by atoms with Gasteiger partial charge in [0.2, 0.25) is 0 Å². The summed E-state index contributed by atoms with van der Waals surface area (Å²) in [5.41, 5.74) is 1.65. The van der Waals surface area contributed by atoms with Crippen molar-refractivity contribution in [3.63, 3.8) is 0 Å². The van der Waals surface area contributed by atoms with Gasteiger partial charge in [-0.2, -0.15) is 0 Å². The summed E-state index contributed by atoms with van der Waals surface area (Å²) in [6.45, 7) is 11.5. The van der Waals surface area contributed by atoms with E-state index in [1.165, 1.54) is 24.8 Å². The van der Waals surface area contributed by atoms with Crippen LogP contribution in [0, 0.1) is 11.3 Å². The average molecular weight is 290 g/mol. The predicted molar refractivity (Wildman–Crippen MR) is 90.0 cm³/mol. The van der Waals surface area contributed by atoms with Crippen LogP contribution < -0.4 is 10.2 Å². The summed E-state index contributed by atoms with van der Waals surface area (Å²) < 4.78 is 0. The largest absolute Gasteiger partial charge is 0.373 e. The average Bonchev–Trinajstić information content (AvgIpc) is 2.71. The number of hydrogen-bond donors (Lipinski definition) is 1. The number of nitrogens with zero attached hydrogens (tertiary/aromatic N) is 3. The van der Waals surface area contributed by atoms with Gasteiger partial charge in [0.25, 0.3) is 0 Å². The van der Waals surface area contributed by atoms with Crippen molar-refractivity contribution in [2.24, 2.45) is 11.3 Å². The maximum Gasteiger partial charge on any atom is 0.137 e. The minimum Gasteiger partial charge on any atom is -0.373 e. The van der Waals surface area contributed by atoms with Crippen LogP contribution in [0.25, 0.3) is 0 Å². The Kier molecular flexibility index (Phi) is 5.07. The lowest BCUT2D eigenvalue weighted by atomic mass is 9.77. The molecular weight excluding hydrogens is 260 g/mol. The van der Waals surface area contributed by atoms with Crippen molar-refractivity contribution >= 4 is 11.6 Å². The van der Waals surface area contributed by atoms with Crippen LogP contribution in [0.15, 0.2) is 6.33 Å². The Labute approximate surface area is 129 Å². The molecule has 1 N–H and O–H groups in total. The zero-order valence-corrected chi connectivity index (χ0v) is 14.2. The fourth-order valence-electron chi connectivity index (χ4n) is 3.39. The van der Waals surface area contributed by atoms with E-state index in [0.29, 0.717) is 5.41 Å². The third-order valence-electron chi connectivity index (χ3n) is 4.77. The molecule has 1 aromatic heterocycles. The summed E-state index contributed by atoms with van der Waals surface area (Å²) in [5, 5.41) is 3.20. The molecule has 118 valence electrons. The highest BCUT2D eigenvalue weighted by molar-refractivity contribution is 5.58. The summed E-state index contributed by atoms with van der Waals surface area (Å²) in [5.74, 6) is 2.91. The number of hydrogen-bond acceptors (Lipinski definition) is 4. The topological polar surface area (TPSA) is 41.1 Å². The highest BCUT2D eigenvalue weighted by Gasteiger charge is 2.28. The van der Waals surface area contributed by atoms with Crippen molar-refractivity contribution in [3.05, 3.63) is 11.9 Å². The molecular formula is C17H30N4. The van der Waals surface area contributed by atoms with Crippen LogP contribution in [-0.4, -0.2) is 30.1 Å². The third kappa shape index (κ3) is 3.66. The predicted octanol–water partition coefficient (Wildman–Crippen LogP) is 3.73. The Morgan fingerprint density at radius 2 is 2.00 bits per heavy atom. The fraction of sp³-hybridized carbons (Fsp3) is 0.765. The summed E-state index contributed by atoms with van der Waals surface area (Å²) >= 11 is 0. The van der Waals surface area contributed by atoms with Crippen LogP contribution in [0.5, 0.6) is 0 Å². The number of rotatable bonds is 3. The quantitative estimate of drug-likeness (QED) is 0.921. The van der Waals surface area contributed by atoms with E-state index in [0.717, 1.165) is 37.1 Å². The van der Waals surface area contributed by atoms with Gasteiger partial charge in [-0.3, -0.25) is 0 Å². The molecule has 2 rings (SSSR count). The highest BCUT2D eigenvalue weighted by Crippen LogP contribution is 2.35. The molecule has 0 bridgehead atoms. The first-order valence-corrected chi connectivity index (χ1v) is 8.24. The van der Waals surface area contributed by atoms with Gasteiger partial charge in [0, 0.05) is 25.7 Å². The van der Waals surface area contributed by atoms with Crippen molar-refractivity contribution in [1.29, 1.82) is 0 Å². The smallest absolute Gasteiger partial charge is 0.137 e. The van der Waals surface area contributed by atoms with E-state index < -0.39 is 0 Å². The second-order valence-electron chi connectivity index (χ2n) is 7.11. The third-order valence-corrected chi connectivity index (χ3v) is 4.77. The summed E-state index contributed by atoms with van der Waals surface area (Å²) in [4.78, 5) is 11.4. The van der Waals surface area contributed by atoms with Crippen molar-refractivity contribution < 1.29 is 0 Å². The van der Waals surface area contributed by atoms with Gasteiger partial charge in [-0.15, -0.1) is 0 Å². The molecule has 1 atom stereocenters. The lowest BCUT2D eigenvalue weighted by molar-refractivity contribution is 0.220. The molecule has 0 amide bonds. The molecule has 0 aromatic carbocycles. The zero-order valence-electron chi connectivity index (χ0n) is 14.2. The van der Waals surface area contributed by atoms with Gasteiger partial charge in [-0.25, -0.2) is 9.97 Å². The normalized spacial score (nSPS) is 20.2. The standard InChI is InChI=1S/C17H30N4/c1-6-14-15(18-5)19-12-20-16(14)21-10-7-8-13(9-11-21)17(2,3)4/h12-13H,6-11H2,1-5H3,(H,18,19,20). The molecule has 0 radical (unpaired) electrons. The van der Waals surface area contributed by atoms with E-state index in [2.05, 4.69) is 47.9 Å². The minimum absolute atomic E-state index is 0.408. The first-order valence-electron chi connectivity index (χ1n) is 8.24. The monoisotopic (exact) mass is 290 g/mol. The Bertz CT molecular complexity index is 464. The minimum atomic E-state index is 0.408. The molecule has 0 saturated carbocycles. The molecule has 1 aliphatic heterocycles. The van der Waals surface area contributed by atoms with Crippen LogP contribution >= 0.6 is 0 Å². The van der Waals surface area contributed by atoms with E-state index in [1.807, 2.05) is 7.05 Å². The van der Waals surface area contributed by atoms with Crippen molar-refractivity contribution in [3.8, 4) is 0 Å². The second kappa shape index (κ2) is 6.63. The van der Waals surface area contributed by atoms with Crippen molar-refractivity contribution in [2.45, 2.75) is 53.4 Å². The molecule has 0 aliphatic carbocycles.